The second-order valence-corrected chi connectivity index (χ2v) is 9.28. The smallest absolute Gasteiger partial charge is 0.161 e. The van der Waals surface area contributed by atoms with Gasteiger partial charge in [0.1, 0.15) is 0 Å². The van der Waals surface area contributed by atoms with Crippen LogP contribution in [0, 0.1) is 5.41 Å². The molecule has 19 heavy (non-hydrogen) atoms. The van der Waals surface area contributed by atoms with Gasteiger partial charge in [0.25, 0.3) is 0 Å². The Balaban J connectivity index is 2.02. The van der Waals surface area contributed by atoms with Crippen molar-refractivity contribution in [2.75, 3.05) is 16.4 Å². The van der Waals surface area contributed by atoms with E-state index in [9.17, 15) is 8.42 Å². The summed E-state index contributed by atoms with van der Waals surface area (Å²) in [4.78, 5) is 1.74. The van der Waals surface area contributed by atoms with Crippen LogP contribution < -0.4 is 4.90 Å². The van der Waals surface area contributed by atoms with Crippen molar-refractivity contribution < 1.29 is 8.42 Å². The Hall–Kier alpha value is -0.240. The van der Waals surface area contributed by atoms with E-state index in [1.807, 2.05) is 12.1 Å². The van der Waals surface area contributed by atoms with Gasteiger partial charge in [0.2, 0.25) is 0 Å². The monoisotopic (exact) mass is 380 g/mol. The lowest BCUT2D eigenvalue weighted by molar-refractivity contribution is 0.601. The van der Waals surface area contributed by atoms with Crippen LogP contribution in [0.2, 0.25) is 5.02 Å². The van der Waals surface area contributed by atoms with E-state index >= 15 is 0 Å². The maximum atomic E-state index is 11.7. The molecule has 1 aromatic carbocycles. The summed E-state index contributed by atoms with van der Waals surface area (Å²) in [5, 5.41) is 8.87. The highest BCUT2D eigenvalue weighted by molar-refractivity contribution is 9.10. The van der Waals surface area contributed by atoms with E-state index in [-0.39, 0.29) is 22.8 Å². The summed E-state index contributed by atoms with van der Waals surface area (Å²) < 4.78 is 24.3. The summed E-state index contributed by atoms with van der Waals surface area (Å²) in [7, 11) is -3.00. The zero-order chi connectivity index (χ0) is 13.8. The zero-order valence-electron chi connectivity index (χ0n) is 9.64. The molecule has 0 aromatic heterocycles. The van der Waals surface area contributed by atoms with E-state index in [2.05, 4.69) is 15.9 Å². The van der Waals surface area contributed by atoms with Crippen LogP contribution in [-0.2, 0) is 9.84 Å². The second kappa shape index (κ2) is 4.65. The Morgan fingerprint density at radius 2 is 2.16 bits per heavy atom. The first-order valence-electron chi connectivity index (χ1n) is 5.57. The molecule has 0 aliphatic carbocycles. The normalized spacial score (nSPS) is 28.7. The number of hydrogen-bond donors (Lipinski definition) is 1. The number of rotatable bonds is 1. The third-order valence-corrected chi connectivity index (χ3v) is 7.18. The van der Waals surface area contributed by atoms with Gasteiger partial charge in [-0.05, 0) is 18.2 Å². The molecule has 0 unspecified atom stereocenters. The number of benzene rings is 1. The van der Waals surface area contributed by atoms with Crippen molar-refractivity contribution in [2.45, 2.75) is 11.3 Å². The fourth-order valence-corrected chi connectivity index (χ4v) is 7.02. The van der Waals surface area contributed by atoms with Gasteiger partial charge in [-0.1, -0.05) is 39.3 Å². The average Bonchev–Trinajstić information content (AvgIpc) is 2.70. The number of nitrogens with zero attached hydrogens (tertiary/aromatic N) is 1. The number of thioether (sulfide) groups is 1. The number of fused-ring (bicyclic) bond motifs is 1. The van der Waals surface area contributed by atoms with Crippen molar-refractivity contribution in [1.29, 1.82) is 5.41 Å². The molecule has 0 spiro atoms. The van der Waals surface area contributed by atoms with Gasteiger partial charge in [-0.25, -0.2) is 8.42 Å². The first kappa shape index (κ1) is 13.7. The first-order chi connectivity index (χ1) is 8.87. The van der Waals surface area contributed by atoms with E-state index in [0.717, 1.165) is 4.47 Å². The van der Waals surface area contributed by atoms with Gasteiger partial charge in [0, 0.05) is 9.72 Å². The van der Waals surface area contributed by atoms with Crippen molar-refractivity contribution in [2.24, 2.45) is 0 Å². The lowest BCUT2D eigenvalue weighted by Crippen LogP contribution is -2.37. The van der Waals surface area contributed by atoms with Crippen molar-refractivity contribution in [3.05, 3.63) is 27.7 Å². The van der Waals surface area contributed by atoms with Crippen LogP contribution in [0.1, 0.15) is 0 Å². The highest BCUT2D eigenvalue weighted by Gasteiger charge is 2.49. The summed E-state index contributed by atoms with van der Waals surface area (Å²) in [6.45, 7) is 0. The summed E-state index contributed by atoms with van der Waals surface area (Å²) in [5.74, 6) is 0.245. The number of halogens is 2. The molecule has 3 rings (SSSR count). The molecule has 8 heteroatoms. The van der Waals surface area contributed by atoms with Gasteiger partial charge in [-0.3, -0.25) is 5.41 Å². The molecule has 2 aliphatic rings. The SMILES string of the molecule is N=C1S[C@H]2CS(=O)(=O)C[C@H]2N1c1ccc(Br)cc1Cl. The van der Waals surface area contributed by atoms with Gasteiger partial charge in [-0.15, -0.1) is 0 Å². The zero-order valence-corrected chi connectivity index (χ0v) is 13.6. The minimum atomic E-state index is -3.00. The van der Waals surface area contributed by atoms with Crippen LogP contribution in [0.15, 0.2) is 22.7 Å². The number of nitrogens with one attached hydrogen (secondary N) is 1. The van der Waals surface area contributed by atoms with Crippen LogP contribution >= 0.6 is 39.3 Å². The summed E-state index contributed by atoms with van der Waals surface area (Å²) >= 11 is 10.9. The Bertz CT molecular complexity index is 665. The van der Waals surface area contributed by atoms with Crippen molar-refractivity contribution in [1.82, 2.24) is 0 Å². The van der Waals surface area contributed by atoms with E-state index in [1.165, 1.54) is 11.8 Å². The molecular weight excluding hydrogens is 372 g/mol. The Kier molecular flexibility index (Phi) is 3.36. The molecule has 2 aliphatic heterocycles. The van der Waals surface area contributed by atoms with Gasteiger partial charge in [-0.2, -0.15) is 0 Å². The number of anilines is 1. The van der Waals surface area contributed by atoms with E-state index in [1.54, 1.807) is 11.0 Å². The van der Waals surface area contributed by atoms with Crippen LogP contribution in [0.3, 0.4) is 0 Å². The molecule has 0 amide bonds. The van der Waals surface area contributed by atoms with Crippen molar-refractivity contribution in [3.8, 4) is 0 Å². The van der Waals surface area contributed by atoms with Crippen LogP contribution in [0.5, 0.6) is 0 Å². The van der Waals surface area contributed by atoms with Crippen molar-refractivity contribution >= 4 is 60.0 Å². The quantitative estimate of drug-likeness (QED) is 0.812. The van der Waals surface area contributed by atoms with E-state index in [0.29, 0.717) is 15.9 Å². The van der Waals surface area contributed by atoms with Crippen molar-refractivity contribution in [3.63, 3.8) is 0 Å². The molecule has 1 aromatic rings. The summed E-state index contributed by atoms with van der Waals surface area (Å²) in [5.41, 5.74) is 0.701. The first-order valence-corrected chi connectivity index (χ1v) is 9.44. The standard InChI is InChI=1S/C11H10BrClN2O2S2/c12-6-1-2-8(7(13)3-6)15-9-4-19(16,17)5-10(9)18-11(15)14/h1-3,9-10,14H,4-5H2/t9-,10+/m1/s1. The van der Waals surface area contributed by atoms with E-state index < -0.39 is 9.84 Å². The molecule has 0 saturated carbocycles. The molecule has 2 atom stereocenters. The lowest BCUT2D eigenvalue weighted by atomic mass is 10.2. The number of amidine groups is 1. The van der Waals surface area contributed by atoms with Crippen LogP contribution in [0.4, 0.5) is 5.69 Å². The van der Waals surface area contributed by atoms with Gasteiger partial charge in [0.15, 0.2) is 15.0 Å². The minimum absolute atomic E-state index is 0.0581. The molecule has 102 valence electrons. The fourth-order valence-electron chi connectivity index (χ4n) is 2.47. The fraction of sp³-hybridized carbons (Fsp3) is 0.364. The third-order valence-electron chi connectivity index (χ3n) is 3.25. The predicted molar refractivity (Wildman–Crippen MR) is 83.2 cm³/mol. The van der Waals surface area contributed by atoms with Gasteiger partial charge >= 0.3 is 0 Å². The maximum absolute atomic E-state index is 11.7. The number of sulfone groups is 1. The highest BCUT2D eigenvalue weighted by Crippen LogP contribution is 2.42. The lowest BCUT2D eigenvalue weighted by Gasteiger charge is -2.24. The summed E-state index contributed by atoms with van der Waals surface area (Å²) in [6, 6.07) is 5.23. The molecule has 2 saturated heterocycles. The Morgan fingerprint density at radius 3 is 2.84 bits per heavy atom. The Labute approximate surface area is 129 Å². The minimum Gasteiger partial charge on any atom is -0.315 e. The molecule has 2 heterocycles. The average molecular weight is 382 g/mol. The van der Waals surface area contributed by atoms with E-state index in [4.69, 9.17) is 17.0 Å². The highest BCUT2D eigenvalue weighted by atomic mass is 79.9. The molecule has 0 bridgehead atoms. The molecule has 4 nitrogen and oxygen atoms in total. The Morgan fingerprint density at radius 1 is 1.42 bits per heavy atom. The largest absolute Gasteiger partial charge is 0.315 e. The number of hydrogen-bond acceptors (Lipinski definition) is 4. The molecule has 0 radical (unpaired) electrons. The maximum Gasteiger partial charge on any atom is 0.161 e. The van der Waals surface area contributed by atoms with Crippen LogP contribution in [0.25, 0.3) is 0 Å². The van der Waals surface area contributed by atoms with Gasteiger partial charge < -0.3 is 4.90 Å². The third kappa shape index (κ3) is 2.41. The summed E-state index contributed by atoms with van der Waals surface area (Å²) in [6.07, 6.45) is 0. The molecular formula is C11H10BrClN2O2S2. The van der Waals surface area contributed by atoms with Gasteiger partial charge in [0.05, 0.1) is 28.3 Å². The van der Waals surface area contributed by atoms with Crippen LogP contribution in [-0.4, -0.2) is 36.4 Å². The molecule has 1 N–H and O–H groups in total. The molecule has 2 fully saturated rings. The topological polar surface area (TPSA) is 61.2 Å². The predicted octanol–water partition coefficient (Wildman–Crippen LogP) is 2.76. The second-order valence-electron chi connectivity index (χ2n) is 4.57.